The second-order valence-corrected chi connectivity index (χ2v) is 9.59. The maximum atomic E-state index is 13.7. The molecule has 1 aliphatic carbocycles. The van der Waals surface area contributed by atoms with Gasteiger partial charge in [-0.1, -0.05) is 83.6 Å². The zero-order chi connectivity index (χ0) is 22.5. The third-order valence-corrected chi connectivity index (χ3v) is 7.47. The number of phenols is 1. The van der Waals surface area contributed by atoms with Crippen molar-refractivity contribution in [2.75, 3.05) is 0 Å². The molecule has 0 amide bonds. The summed E-state index contributed by atoms with van der Waals surface area (Å²) in [5, 5.41) is 10.2. The van der Waals surface area contributed by atoms with Gasteiger partial charge in [0.15, 0.2) is 4.80 Å². The fraction of sp³-hybridized carbons (Fsp3) is 0.143. The Morgan fingerprint density at radius 3 is 2.58 bits per heavy atom. The van der Waals surface area contributed by atoms with E-state index < -0.39 is 0 Å². The van der Waals surface area contributed by atoms with Gasteiger partial charge in [-0.2, -0.15) is 0 Å². The van der Waals surface area contributed by atoms with Gasteiger partial charge in [0.2, 0.25) is 0 Å². The molecule has 6 rings (SSSR count). The lowest BCUT2D eigenvalue weighted by atomic mass is 9.83. The van der Waals surface area contributed by atoms with E-state index in [1.54, 1.807) is 18.2 Å². The molecule has 0 saturated heterocycles. The van der Waals surface area contributed by atoms with Crippen molar-refractivity contribution in [2.24, 2.45) is 4.99 Å². The van der Waals surface area contributed by atoms with Gasteiger partial charge in [-0.3, -0.25) is 9.36 Å². The minimum absolute atomic E-state index is 0.0713. The fourth-order valence-corrected chi connectivity index (χ4v) is 5.81. The summed E-state index contributed by atoms with van der Waals surface area (Å²) < 4.78 is 2.41. The third kappa shape index (κ3) is 3.28. The van der Waals surface area contributed by atoms with E-state index in [9.17, 15) is 9.90 Å². The summed E-state index contributed by atoms with van der Waals surface area (Å²) in [7, 11) is 0. The van der Waals surface area contributed by atoms with E-state index in [4.69, 9.17) is 4.99 Å². The molecular formula is C28H22N2O2S. The summed E-state index contributed by atoms with van der Waals surface area (Å²) in [6.07, 6.45) is 3.58. The molecule has 5 heteroatoms. The van der Waals surface area contributed by atoms with Crippen LogP contribution in [0.1, 0.15) is 40.3 Å². The van der Waals surface area contributed by atoms with Gasteiger partial charge in [-0.15, -0.1) is 0 Å². The van der Waals surface area contributed by atoms with Gasteiger partial charge in [0.1, 0.15) is 5.75 Å². The number of nitrogens with zero attached hydrogens (tertiary/aromatic N) is 2. The van der Waals surface area contributed by atoms with Crippen LogP contribution in [0.4, 0.5) is 0 Å². The van der Waals surface area contributed by atoms with Crippen molar-refractivity contribution in [2.45, 2.75) is 25.8 Å². The van der Waals surface area contributed by atoms with Crippen molar-refractivity contribution in [3.8, 4) is 5.75 Å². The molecule has 3 aromatic carbocycles. The molecule has 0 saturated carbocycles. The van der Waals surface area contributed by atoms with Crippen LogP contribution in [0.3, 0.4) is 0 Å². The number of phenolic OH excluding ortho intramolecular Hbond substituents is 1. The topological polar surface area (TPSA) is 54.6 Å². The second kappa shape index (κ2) is 7.71. The second-order valence-electron chi connectivity index (χ2n) is 8.58. The highest BCUT2D eigenvalue weighted by molar-refractivity contribution is 7.07. The maximum absolute atomic E-state index is 13.7. The summed E-state index contributed by atoms with van der Waals surface area (Å²) in [5.41, 5.74) is 7.50. The van der Waals surface area contributed by atoms with Gasteiger partial charge in [-0.05, 0) is 48.6 Å². The van der Waals surface area contributed by atoms with Crippen molar-refractivity contribution >= 4 is 23.1 Å². The lowest BCUT2D eigenvalue weighted by Crippen LogP contribution is -2.38. The van der Waals surface area contributed by atoms with Gasteiger partial charge in [0.25, 0.3) is 5.56 Å². The number of thiazole rings is 1. The SMILES string of the molecule is Cc1ccc(C2C3=C(N=c4sc(=Cc5ccccc5O)c(=O)n42)c2ccccc2CC3)cc1. The van der Waals surface area contributed by atoms with Crippen LogP contribution in [0.5, 0.6) is 5.75 Å². The largest absolute Gasteiger partial charge is 0.507 e. The summed E-state index contributed by atoms with van der Waals surface area (Å²) in [4.78, 5) is 19.4. The Bertz CT molecular complexity index is 1610. The molecule has 1 aliphatic heterocycles. The first-order valence-corrected chi connectivity index (χ1v) is 11.9. The number of fused-ring (bicyclic) bond motifs is 3. The van der Waals surface area contributed by atoms with E-state index in [0.29, 0.717) is 14.9 Å². The Morgan fingerprint density at radius 1 is 1.00 bits per heavy atom. The summed E-state index contributed by atoms with van der Waals surface area (Å²) in [5.74, 6) is 0.159. The van der Waals surface area contributed by atoms with Gasteiger partial charge in [0.05, 0.1) is 16.3 Å². The smallest absolute Gasteiger partial charge is 0.271 e. The minimum atomic E-state index is -0.184. The van der Waals surface area contributed by atoms with Crippen molar-refractivity contribution in [3.05, 3.63) is 126 Å². The van der Waals surface area contributed by atoms with Crippen molar-refractivity contribution in [1.82, 2.24) is 4.57 Å². The highest BCUT2D eigenvalue weighted by atomic mass is 32.1. The molecule has 1 N–H and O–H groups in total. The molecule has 0 fully saturated rings. The van der Waals surface area contributed by atoms with Gasteiger partial charge in [-0.25, -0.2) is 4.99 Å². The van der Waals surface area contributed by atoms with Crippen LogP contribution in [0.2, 0.25) is 0 Å². The fourth-order valence-electron chi connectivity index (χ4n) is 4.82. The predicted octanol–water partition coefficient (Wildman–Crippen LogP) is 4.33. The summed E-state index contributed by atoms with van der Waals surface area (Å²) >= 11 is 1.38. The molecule has 0 bridgehead atoms. The Morgan fingerprint density at radius 2 is 1.76 bits per heavy atom. The highest BCUT2D eigenvalue weighted by Crippen LogP contribution is 2.41. The first-order chi connectivity index (χ1) is 16.1. The monoisotopic (exact) mass is 450 g/mol. The molecule has 2 heterocycles. The molecule has 1 atom stereocenters. The number of aromatic nitrogens is 1. The van der Waals surface area contributed by atoms with E-state index in [1.165, 1.54) is 28.0 Å². The maximum Gasteiger partial charge on any atom is 0.271 e. The minimum Gasteiger partial charge on any atom is -0.507 e. The summed E-state index contributed by atoms with van der Waals surface area (Å²) in [6.45, 7) is 2.07. The molecule has 1 unspecified atom stereocenters. The Kier molecular flexibility index (Phi) is 4.66. The first kappa shape index (κ1) is 19.9. The molecule has 4 nitrogen and oxygen atoms in total. The molecule has 1 aromatic heterocycles. The van der Waals surface area contributed by atoms with Crippen LogP contribution in [0.15, 0.2) is 88.2 Å². The lowest BCUT2D eigenvalue weighted by Gasteiger charge is -2.30. The van der Waals surface area contributed by atoms with E-state index in [0.717, 1.165) is 29.7 Å². The van der Waals surface area contributed by atoms with Crippen molar-refractivity contribution in [1.29, 1.82) is 0 Å². The third-order valence-electron chi connectivity index (χ3n) is 6.49. The zero-order valence-electron chi connectivity index (χ0n) is 18.2. The number of aromatic hydroxyl groups is 1. The average Bonchev–Trinajstić information content (AvgIpc) is 3.14. The van der Waals surface area contributed by atoms with E-state index in [2.05, 4.69) is 55.5 Å². The molecule has 33 heavy (non-hydrogen) atoms. The van der Waals surface area contributed by atoms with Crippen LogP contribution in [-0.4, -0.2) is 9.67 Å². The number of hydrogen-bond donors (Lipinski definition) is 1. The van der Waals surface area contributed by atoms with Gasteiger partial charge in [0, 0.05) is 11.1 Å². The molecule has 162 valence electrons. The first-order valence-electron chi connectivity index (χ1n) is 11.1. The average molecular weight is 451 g/mol. The molecule has 0 spiro atoms. The number of para-hydroxylation sites is 1. The van der Waals surface area contributed by atoms with E-state index in [1.807, 2.05) is 16.7 Å². The molecule has 0 radical (unpaired) electrons. The normalized spacial score (nSPS) is 17.2. The molecular weight excluding hydrogens is 428 g/mol. The number of aryl methyl sites for hydroxylation is 2. The Hall–Kier alpha value is -3.70. The highest BCUT2D eigenvalue weighted by Gasteiger charge is 2.32. The van der Waals surface area contributed by atoms with Crippen molar-refractivity contribution < 1.29 is 5.11 Å². The number of rotatable bonds is 2. The summed E-state index contributed by atoms with van der Waals surface area (Å²) in [6, 6.07) is 23.8. The van der Waals surface area contributed by atoms with Crippen LogP contribution in [0, 0.1) is 6.92 Å². The Labute approximate surface area is 195 Å². The molecule has 2 aliphatic rings. The quantitative estimate of drug-likeness (QED) is 0.494. The van der Waals surface area contributed by atoms with Crippen LogP contribution >= 0.6 is 11.3 Å². The standard InChI is InChI=1S/C28H22N2O2S/c1-17-10-12-19(13-11-17)26-22-15-14-18-6-2-4-8-21(18)25(22)29-28-30(26)27(32)24(33-28)16-20-7-3-5-9-23(20)31/h2-13,16,26,31H,14-15H2,1H3. The number of benzene rings is 3. The van der Waals surface area contributed by atoms with Gasteiger partial charge < -0.3 is 5.11 Å². The predicted molar refractivity (Wildman–Crippen MR) is 132 cm³/mol. The van der Waals surface area contributed by atoms with E-state index >= 15 is 0 Å². The van der Waals surface area contributed by atoms with E-state index in [-0.39, 0.29) is 17.4 Å². The lowest BCUT2D eigenvalue weighted by molar-refractivity contribution is 0.474. The van der Waals surface area contributed by atoms with Crippen LogP contribution in [0.25, 0.3) is 11.8 Å². The molecule has 4 aromatic rings. The van der Waals surface area contributed by atoms with Crippen molar-refractivity contribution in [3.63, 3.8) is 0 Å². The van der Waals surface area contributed by atoms with Crippen LogP contribution < -0.4 is 14.9 Å². The van der Waals surface area contributed by atoms with Crippen LogP contribution in [-0.2, 0) is 6.42 Å². The Balaban J connectivity index is 1.64. The van der Waals surface area contributed by atoms with Gasteiger partial charge >= 0.3 is 0 Å². The zero-order valence-corrected chi connectivity index (χ0v) is 19.0. The number of hydrogen-bond acceptors (Lipinski definition) is 4. The number of allylic oxidation sites excluding steroid dienone is 1.